The van der Waals surface area contributed by atoms with Gasteiger partial charge in [-0.3, -0.25) is 14.5 Å². The average molecular weight is 422 g/mol. The molecule has 0 saturated carbocycles. The summed E-state index contributed by atoms with van der Waals surface area (Å²) in [5.41, 5.74) is 3.18. The molecule has 2 amide bonds. The molecule has 31 heavy (non-hydrogen) atoms. The lowest BCUT2D eigenvalue weighted by Crippen LogP contribution is -2.40. The smallest absolute Gasteiger partial charge is 0.237 e. The zero-order valence-electron chi connectivity index (χ0n) is 18.7. The van der Waals surface area contributed by atoms with Gasteiger partial charge in [-0.25, -0.2) is 9.97 Å². The number of rotatable bonds is 6. The fourth-order valence-corrected chi connectivity index (χ4v) is 4.56. The van der Waals surface area contributed by atoms with Crippen molar-refractivity contribution in [1.82, 2.24) is 19.8 Å². The van der Waals surface area contributed by atoms with Crippen molar-refractivity contribution in [2.75, 3.05) is 38.6 Å². The molecular formula is C24H31N5O2. The van der Waals surface area contributed by atoms with Crippen molar-refractivity contribution in [2.45, 2.75) is 45.1 Å². The third-order valence-electron chi connectivity index (χ3n) is 6.14. The summed E-state index contributed by atoms with van der Waals surface area (Å²) in [7, 11) is 3.80. The lowest BCUT2D eigenvalue weighted by atomic mass is 10.0. The first kappa shape index (κ1) is 21.4. The van der Waals surface area contributed by atoms with Gasteiger partial charge in [0, 0.05) is 30.8 Å². The van der Waals surface area contributed by atoms with Crippen molar-refractivity contribution < 1.29 is 9.59 Å². The van der Waals surface area contributed by atoms with E-state index in [9.17, 15) is 9.59 Å². The molecule has 7 heteroatoms. The van der Waals surface area contributed by atoms with E-state index in [0.29, 0.717) is 31.8 Å². The molecule has 0 unspecified atom stereocenters. The van der Waals surface area contributed by atoms with Crippen LogP contribution in [0.4, 0.5) is 5.82 Å². The number of aromatic nitrogens is 2. The molecule has 3 heterocycles. The Kier molecular flexibility index (Phi) is 6.32. The summed E-state index contributed by atoms with van der Waals surface area (Å²) < 4.78 is 0. The normalized spacial score (nSPS) is 18.6. The standard InChI is InChI=1S/C24H31N5O2/c1-17-19-11-12-21(30)29(15-13-18-8-5-4-6-9-18)24(19)26-23(25-17)20-10-7-14-28(20)22(31)16-27(2)3/h4-6,8-9,20H,7,10-16H2,1-3H3/t20-/m0/s1. The van der Waals surface area contributed by atoms with Gasteiger partial charge in [-0.05, 0) is 52.3 Å². The van der Waals surface area contributed by atoms with Crippen molar-refractivity contribution in [3.8, 4) is 0 Å². The summed E-state index contributed by atoms with van der Waals surface area (Å²) in [5.74, 6) is 1.62. The van der Waals surface area contributed by atoms with Gasteiger partial charge in [0.1, 0.15) is 5.82 Å². The summed E-state index contributed by atoms with van der Waals surface area (Å²) in [6.45, 7) is 3.70. The van der Waals surface area contributed by atoms with Crippen LogP contribution >= 0.6 is 0 Å². The molecule has 0 N–H and O–H groups in total. The monoisotopic (exact) mass is 421 g/mol. The van der Waals surface area contributed by atoms with E-state index in [1.165, 1.54) is 5.56 Å². The molecule has 0 spiro atoms. The predicted molar refractivity (Wildman–Crippen MR) is 120 cm³/mol. The van der Waals surface area contributed by atoms with Crippen LogP contribution in [-0.4, -0.2) is 65.3 Å². The average Bonchev–Trinajstić information content (AvgIpc) is 3.23. The summed E-state index contributed by atoms with van der Waals surface area (Å²) in [5, 5.41) is 0. The van der Waals surface area contributed by atoms with E-state index >= 15 is 0 Å². The van der Waals surface area contributed by atoms with Gasteiger partial charge in [0.2, 0.25) is 11.8 Å². The number of hydrogen-bond donors (Lipinski definition) is 0. The first-order valence-corrected chi connectivity index (χ1v) is 11.1. The van der Waals surface area contributed by atoms with Crippen LogP contribution in [0.25, 0.3) is 0 Å². The molecule has 0 aliphatic carbocycles. The fraction of sp³-hybridized carbons (Fsp3) is 0.500. The fourth-order valence-electron chi connectivity index (χ4n) is 4.56. The number of amides is 2. The number of aryl methyl sites for hydroxylation is 1. The van der Waals surface area contributed by atoms with Crippen LogP contribution in [0.1, 0.15) is 47.9 Å². The van der Waals surface area contributed by atoms with Gasteiger partial charge in [0.15, 0.2) is 5.82 Å². The third kappa shape index (κ3) is 4.61. The maximum Gasteiger partial charge on any atom is 0.237 e. The molecule has 1 fully saturated rings. The first-order valence-electron chi connectivity index (χ1n) is 11.1. The molecule has 1 aromatic carbocycles. The van der Waals surface area contributed by atoms with E-state index < -0.39 is 0 Å². The molecular weight excluding hydrogens is 390 g/mol. The van der Waals surface area contributed by atoms with Crippen molar-refractivity contribution >= 4 is 17.6 Å². The molecule has 7 nitrogen and oxygen atoms in total. The van der Waals surface area contributed by atoms with Gasteiger partial charge in [-0.15, -0.1) is 0 Å². The van der Waals surface area contributed by atoms with Gasteiger partial charge < -0.3 is 9.80 Å². The Balaban J connectivity index is 1.62. The molecule has 2 aliphatic heterocycles. The lowest BCUT2D eigenvalue weighted by Gasteiger charge is -2.31. The van der Waals surface area contributed by atoms with Crippen LogP contribution in [0.5, 0.6) is 0 Å². The highest BCUT2D eigenvalue weighted by Gasteiger charge is 2.35. The predicted octanol–water partition coefficient (Wildman–Crippen LogP) is 2.53. The minimum absolute atomic E-state index is 0.100. The van der Waals surface area contributed by atoms with Crippen LogP contribution < -0.4 is 4.90 Å². The van der Waals surface area contributed by atoms with E-state index in [1.54, 1.807) is 0 Å². The molecule has 1 aromatic heterocycles. The zero-order valence-corrected chi connectivity index (χ0v) is 18.7. The Labute approximate surface area is 184 Å². The van der Waals surface area contributed by atoms with Crippen LogP contribution in [0.3, 0.4) is 0 Å². The highest BCUT2D eigenvalue weighted by Crippen LogP contribution is 2.34. The highest BCUT2D eigenvalue weighted by atomic mass is 16.2. The highest BCUT2D eigenvalue weighted by molar-refractivity contribution is 5.95. The third-order valence-corrected chi connectivity index (χ3v) is 6.14. The Morgan fingerprint density at radius 3 is 2.68 bits per heavy atom. The van der Waals surface area contributed by atoms with Crippen molar-refractivity contribution in [1.29, 1.82) is 0 Å². The van der Waals surface area contributed by atoms with Gasteiger partial charge in [-0.2, -0.15) is 0 Å². The second-order valence-electron chi connectivity index (χ2n) is 8.73. The minimum atomic E-state index is -0.121. The molecule has 4 rings (SSSR count). The number of carbonyl (C=O) groups is 2. The Morgan fingerprint density at radius 2 is 1.94 bits per heavy atom. The van der Waals surface area contributed by atoms with Crippen LogP contribution in [0.15, 0.2) is 30.3 Å². The molecule has 1 saturated heterocycles. The first-order chi connectivity index (χ1) is 14.9. The van der Waals surface area contributed by atoms with Crippen LogP contribution in [0, 0.1) is 6.92 Å². The zero-order chi connectivity index (χ0) is 22.0. The summed E-state index contributed by atoms with van der Waals surface area (Å²) in [4.78, 5) is 40.9. The van der Waals surface area contributed by atoms with Crippen molar-refractivity contribution in [3.05, 3.63) is 53.0 Å². The number of carbonyl (C=O) groups excluding carboxylic acids is 2. The molecule has 0 radical (unpaired) electrons. The van der Waals surface area contributed by atoms with Gasteiger partial charge in [0.05, 0.1) is 12.6 Å². The quantitative estimate of drug-likeness (QED) is 0.717. The van der Waals surface area contributed by atoms with Crippen molar-refractivity contribution in [3.63, 3.8) is 0 Å². The topological polar surface area (TPSA) is 69.6 Å². The molecule has 2 aromatic rings. The lowest BCUT2D eigenvalue weighted by molar-refractivity contribution is -0.133. The number of hydrogen-bond acceptors (Lipinski definition) is 5. The number of likely N-dealkylation sites (N-methyl/N-ethyl adjacent to an activating group) is 1. The summed E-state index contributed by atoms with van der Waals surface area (Å²) in [6, 6.07) is 10.1. The van der Waals surface area contributed by atoms with Crippen molar-refractivity contribution in [2.24, 2.45) is 0 Å². The second-order valence-corrected chi connectivity index (χ2v) is 8.73. The van der Waals surface area contributed by atoms with E-state index in [4.69, 9.17) is 9.97 Å². The van der Waals surface area contributed by atoms with Crippen LogP contribution in [-0.2, 0) is 22.4 Å². The summed E-state index contributed by atoms with van der Waals surface area (Å²) in [6.07, 6.45) is 3.74. The number of likely N-dealkylation sites (tertiary alicyclic amines) is 1. The summed E-state index contributed by atoms with van der Waals surface area (Å²) >= 11 is 0. The largest absolute Gasteiger partial charge is 0.331 e. The number of fused-ring (bicyclic) bond motifs is 1. The van der Waals surface area contributed by atoms with Gasteiger partial charge in [-0.1, -0.05) is 30.3 Å². The van der Waals surface area contributed by atoms with E-state index in [-0.39, 0.29) is 17.9 Å². The van der Waals surface area contributed by atoms with E-state index in [0.717, 1.165) is 42.9 Å². The SMILES string of the molecule is Cc1nc([C@@H]2CCCN2C(=O)CN(C)C)nc2c1CCC(=O)N2CCc1ccccc1. The second kappa shape index (κ2) is 9.14. The number of nitrogens with zero attached hydrogens (tertiary/aromatic N) is 5. The van der Waals surface area contributed by atoms with E-state index in [1.807, 2.05) is 53.9 Å². The Morgan fingerprint density at radius 1 is 1.16 bits per heavy atom. The minimum Gasteiger partial charge on any atom is -0.331 e. The van der Waals surface area contributed by atoms with E-state index in [2.05, 4.69) is 12.1 Å². The molecule has 1 atom stereocenters. The molecule has 164 valence electrons. The van der Waals surface area contributed by atoms with Crippen LogP contribution in [0.2, 0.25) is 0 Å². The molecule has 2 aliphatic rings. The number of benzene rings is 1. The Bertz CT molecular complexity index is 960. The maximum absolute atomic E-state index is 12.8. The molecule has 0 bridgehead atoms. The maximum atomic E-state index is 12.8. The number of anilines is 1. The van der Waals surface area contributed by atoms with Gasteiger partial charge in [0.25, 0.3) is 0 Å². The Hall–Kier alpha value is -2.80. The van der Waals surface area contributed by atoms with Gasteiger partial charge >= 0.3 is 0 Å².